The minimum absolute atomic E-state index is 0.150. The molecule has 1 aliphatic rings. The highest BCUT2D eigenvalue weighted by Gasteiger charge is 2.54. The molecule has 4 rings (SSSR count). The van der Waals surface area contributed by atoms with Crippen molar-refractivity contribution in [1.82, 2.24) is 14.6 Å². The van der Waals surface area contributed by atoms with E-state index in [0.717, 1.165) is 18.4 Å². The van der Waals surface area contributed by atoms with Gasteiger partial charge >= 0.3 is 7.82 Å². The van der Waals surface area contributed by atoms with Gasteiger partial charge in [-0.05, 0) is 43.2 Å². The zero-order valence-corrected chi connectivity index (χ0v) is 34.7. The average molecular weight is 807 g/mol. The Morgan fingerprint density at radius 1 is 0.911 bits per heavy atom. The SMILES string of the molecule is CCCCCCCCCCCCCCCCCCOC[C@H](COP(=O)(O)OC[C@H]1O[C@@](C)(c2ccc3c(N)ncnn23)[C@H](O)[C@@H]1O)OCc1cccc(OC)c1. The number of rotatable bonds is 30. The Morgan fingerprint density at radius 2 is 1.55 bits per heavy atom. The van der Waals surface area contributed by atoms with E-state index >= 15 is 0 Å². The van der Waals surface area contributed by atoms with Gasteiger partial charge in [0, 0.05) is 6.61 Å². The van der Waals surface area contributed by atoms with Crippen LogP contribution in [0.15, 0.2) is 42.7 Å². The van der Waals surface area contributed by atoms with Crippen LogP contribution in [0.25, 0.3) is 5.52 Å². The molecular formula is C41H67N4O10P. The van der Waals surface area contributed by atoms with Gasteiger partial charge < -0.3 is 39.8 Å². The van der Waals surface area contributed by atoms with Crippen LogP contribution in [-0.4, -0.2) is 87.7 Å². The van der Waals surface area contributed by atoms with Crippen LogP contribution < -0.4 is 10.5 Å². The molecule has 1 aromatic carbocycles. The number of methoxy groups -OCH3 is 1. The highest BCUT2D eigenvalue weighted by molar-refractivity contribution is 7.47. The largest absolute Gasteiger partial charge is 0.497 e. The number of hydrogen-bond acceptors (Lipinski definition) is 12. The van der Waals surface area contributed by atoms with Gasteiger partial charge in [0.25, 0.3) is 0 Å². The summed E-state index contributed by atoms with van der Waals surface area (Å²) in [5.74, 6) is 0.921. The molecule has 15 heteroatoms. The first-order chi connectivity index (χ1) is 27.1. The molecule has 0 bridgehead atoms. The van der Waals surface area contributed by atoms with Gasteiger partial charge in [-0.15, -0.1) is 0 Å². The lowest BCUT2D eigenvalue weighted by molar-refractivity contribution is -0.0901. The van der Waals surface area contributed by atoms with Crippen LogP contribution in [0.4, 0.5) is 5.82 Å². The van der Waals surface area contributed by atoms with Crippen molar-refractivity contribution in [2.45, 2.75) is 153 Å². The first-order valence-electron chi connectivity index (χ1n) is 20.6. The normalized spacial score (nSPS) is 21.4. The van der Waals surface area contributed by atoms with Crippen molar-refractivity contribution in [2.24, 2.45) is 0 Å². The molecule has 1 saturated heterocycles. The molecule has 0 amide bonds. The fraction of sp³-hybridized carbons (Fsp3) is 0.707. The van der Waals surface area contributed by atoms with Crippen LogP contribution in [0.2, 0.25) is 0 Å². The molecule has 0 spiro atoms. The number of phosphoric ester groups is 1. The summed E-state index contributed by atoms with van der Waals surface area (Å²) < 4.78 is 48.5. The first-order valence-corrected chi connectivity index (χ1v) is 22.1. The highest BCUT2D eigenvalue weighted by atomic mass is 31.2. The lowest BCUT2D eigenvalue weighted by Gasteiger charge is -2.27. The maximum atomic E-state index is 13.0. The number of phosphoric acid groups is 1. The van der Waals surface area contributed by atoms with Crippen LogP contribution >= 0.6 is 7.82 Å². The lowest BCUT2D eigenvalue weighted by Crippen LogP contribution is -2.39. The number of anilines is 1. The van der Waals surface area contributed by atoms with E-state index in [4.69, 9.17) is 33.7 Å². The van der Waals surface area contributed by atoms with Gasteiger partial charge in [0.2, 0.25) is 0 Å². The third-order valence-corrected chi connectivity index (χ3v) is 11.5. The van der Waals surface area contributed by atoms with Gasteiger partial charge in [-0.1, -0.05) is 115 Å². The summed E-state index contributed by atoms with van der Waals surface area (Å²) in [6.45, 7) is 3.92. The molecule has 0 radical (unpaired) electrons. The molecule has 316 valence electrons. The van der Waals surface area contributed by atoms with Crippen LogP contribution in [0.5, 0.6) is 5.75 Å². The Kier molecular flexibility index (Phi) is 20.0. The number of benzene rings is 1. The molecule has 14 nitrogen and oxygen atoms in total. The summed E-state index contributed by atoms with van der Waals surface area (Å²) in [6.07, 6.45) is 17.3. The zero-order valence-electron chi connectivity index (χ0n) is 33.8. The second kappa shape index (κ2) is 24.3. The molecule has 1 unspecified atom stereocenters. The van der Waals surface area contributed by atoms with E-state index in [2.05, 4.69) is 17.0 Å². The van der Waals surface area contributed by atoms with Gasteiger partial charge in [0.1, 0.15) is 47.6 Å². The molecule has 3 heterocycles. The lowest BCUT2D eigenvalue weighted by atomic mass is 9.93. The van der Waals surface area contributed by atoms with Gasteiger partial charge in [-0.25, -0.2) is 14.1 Å². The van der Waals surface area contributed by atoms with Crippen LogP contribution in [0, 0.1) is 0 Å². The van der Waals surface area contributed by atoms with Crippen molar-refractivity contribution in [2.75, 3.05) is 39.3 Å². The average Bonchev–Trinajstić information content (AvgIpc) is 3.74. The molecule has 2 aromatic heterocycles. The molecule has 6 atom stereocenters. The second-order valence-electron chi connectivity index (χ2n) is 15.1. The summed E-state index contributed by atoms with van der Waals surface area (Å²) >= 11 is 0. The Morgan fingerprint density at radius 3 is 2.20 bits per heavy atom. The third-order valence-electron chi connectivity index (χ3n) is 10.5. The van der Waals surface area contributed by atoms with Crippen LogP contribution in [-0.2, 0) is 40.0 Å². The molecule has 1 fully saturated rings. The summed E-state index contributed by atoms with van der Waals surface area (Å²) in [5.41, 5.74) is 6.28. The fourth-order valence-corrected chi connectivity index (χ4v) is 7.89. The van der Waals surface area contributed by atoms with Gasteiger partial charge in [0.05, 0.1) is 39.2 Å². The number of nitrogens with two attached hydrogens (primary N) is 1. The molecule has 3 aromatic rings. The van der Waals surface area contributed by atoms with Crippen molar-refractivity contribution < 1.29 is 47.7 Å². The van der Waals surface area contributed by atoms with Crippen molar-refractivity contribution in [1.29, 1.82) is 0 Å². The Labute approximate surface area is 333 Å². The maximum Gasteiger partial charge on any atom is 0.472 e. The van der Waals surface area contributed by atoms with E-state index in [1.807, 2.05) is 24.3 Å². The van der Waals surface area contributed by atoms with E-state index in [9.17, 15) is 19.7 Å². The van der Waals surface area contributed by atoms with Gasteiger partial charge in [0.15, 0.2) is 5.82 Å². The number of nitrogens with zero attached hydrogens (tertiary/aromatic N) is 3. The summed E-state index contributed by atoms with van der Waals surface area (Å²) in [7, 11) is -3.06. The quantitative estimate of drug-likeness (QED) is 0.0380. The molecule has 56 heavy (non-hydrogen) atoms. The number of aliphatic hydroxyl groups excluding tert-OH is 2. The van der Waals surface area contributed by atoms with Crippen molar-refractivity contribution in [3.05, 3.63) is 54.0 Å². The number of ether oxygens (including phenoxy) is 4. The Bertz CT molecular complexity index is 1600. The number of fused-ring (bicyclic) bond motifs is 1. The molecule has 1 aliphatic heterocycles. The minimum atomic E-state index is -4.65. The minimum Gasteiger partial charge on any atom is -0.497 e. The van der Waals surface area contributed by atoms with E-state index in [1.165, 1.54) is 101 Å². The Hall–Kier alpha value is -2.65. The van der Waals surface area contributed by atoms with Gasteiger partial charge in [-0.3, -0.25) is 9.05 Å². The number of hydrogen-bond donors (Lipinski definition) is 4. The maximum absolute atomic E-state index is 13.0. The number of nitrogen functional groups attached to an aromatic ring is 1. The smallest absolute Gasteiger partial charge is 0.472 e. The first kappa shape index (κ1) is 46.0. The van der Waals surface area contributed by atoms with Gasteiger partial charge in [-0.2, -0.15) is 5.10 Å². The fourth-order valence-electron chi connectivity index (χ4n) is 7.13. The van der Waals surface area contributed by atoms with E-state index in [0.29, 0.717) is 23.6 Å². The molecule has 0 saturated carbocycles. The van der Waals surface area contributed by atoms with E-state index in [1.54, 1.807) is 26.2 Å². The van der Waals surface area contributed by atoms with E-state index in [-0.39, 0.29) is 25.6 Å². The Balaban J connectivity index is 1.16. The molecular weight excluding hydrogens is 739 g/mol. The van der Waals surface area contributed by atoms with Crippen molar-refractivity contribution >= 4 is 19.2 Å². The van der Waals surface area contributed by atoms with Crippen molar-refractivity contribution in [3.8, 4) is 5.75 Å². The van der Waals surface area contributed by atoms with Crippen LogP contribution in [0.1, 0.15) is 128 Å². The number of aliphatic hydroxyl groups is 2. The molecule has 5 N–H and O–H groups in total. The highest BCUT2D eigenvalue weighted by Crippen LogP contribution is 2.46. The standard InChI is InChI=1S/C41H67N4O10P/c1-4-5-6-7-8-9-10-11-12-13-14-15-16-17-18-19-25-51-28-34(52-27-32-21-20-22-33(26-32)50-3)29-53-56(48,49)54-30-36-38(46)39(47)41(2,55-36)37-24-23-35-40(42)43-31-44-45(35)37/h20-24,26,31,34,36,38-39,46-47H,4-19,25,27-30H2,1-3H3,(H,48,49)(H2,42,43,44)/t34-,36-,38-,39-,41+/m1/s1. The topological polar surface area (TPSA) is 189 Å². The van der Waals surface area contributed by atoms with E-state index < -0.39 is 44.4 Å². The monoisotopic (exact) mass is 806 g/mol. The zero-order chi connectivity index (χ0) is 40.2. The number of unbranched alkanes of at least 4 members (excludes halogenated alkanes) is 15. The predicted molar refractivity (Wildman–Crippen MR) is 215 cm³/mol. The predicted octanol–water partition coefficient (Wildman–Crippen LogP) is 7.65. The molecule has 0 aliphatic carbocycles. The second-order valence-corrected chi connectivity index (χ2v) is 16.5. The third kappa shape index (κ3) is 14.6. The number of aromatic nitrogens is 3. The summed E-state index contributed by atoms with van der Waals surface area (Å²) in [5, 5.41) is 26.1. The summed E-state index contributed by atoms with van der Waals surface area (Å²) in [4.78, 5) is 14.6. The van der Waals surface area contributed by atoms with Crippen molar-refractivity contribution in [3.63, 3.8) is 0 Å². The van der Waals surface area contributed by atoms with Crippen LogP contribution in [0.3, 0.4) is 0 Å². The summed E-state index contributed by atoms with van der Waals surface area (Å²) in [6, 6.07) is 10.8.